The van der Waals surface area contributed by atoms with Crippen molar-refractivity contribution in [3.8, 4) is 11.5 Å². The average Bonchev–Trinajstić information content (AvgIpc) is 3.18. The summed E-state index contributed by atoms with van der Waals surface area (Å²) >= 11 is -1.40. The Morgan fingerprint density at radius 3 is 2.52 bits per heavy atom. The van der Waals surface area contributed by atoms with E-state index in [1.165, 1.54) is 10.8 Å². The van der Waals surface area contributed by atoms with Crippen LogP contribution >= 0.6 is 0 Å². The number of pyridine rings is 1. The normalized spacial score (nSPS) is 16.3. The Morgan fingerprint density at radius 1 is 1.14 bits per heavy atom. The SMILES string of the molecule is Cn1c(-c2nc3n(c2[S+](C)[O-])CCCC3)nc2cc(C(F)(F)C(F)(F)F)ncc21. The van der Waals surface area contributed by atoms with Crippen LogP contribution in [0.2, 0.25) is 0 Å². The van der Waals surface area contributed by atoms with Crippen molar-refractivity contribution in [2.75, 3.05) is 6.26 Å². The molecule has 29 heavy (non-hydrogen) atoms. The predicted octanol–water partition coefficient (Wildman–Crippen LogP) is 3.56. The van der Waals surface area contributed by atoms with Crippen molar-refractivity contribution >= 4 is 22.2 Å². The van der Waals surface area contributed by atoms with Gasteiger partial charge < -0.3 is 9.12 Å². The van der Waals surface area contributed by atoms with Gasteiger partial charge in [-0.1, -0.05) is 0 Å². The summed E-state index contributed by atoms with van der Waals surface area (Å²) in [5.74, 6) is -4.10. The molecule has 1 aliphatic heterocycles. The summed E-state index contributed by atoms with van der Waals surface area (Å²) in [4.78, 5) is 12.1. The summed E-state index contributed by atoms with van der Waals surface area (Å²) in [5.41, 5.74) is -0.896. The Bertz CT molecular complexity index is 1090. The van der Waals surface area contributed by atoms with Crippen molar-refractivity contribution < 1.29 is 26.5 Å². The summed E-state index contributed by atoms with van der Waals surface area (Å²) in [6.07, 6.45) is -0.768. The van der Waals surface area contributed by atoms with Crippen molar-refractivity contribution in [3.05, 3.63) is 23.8 Å². The lowest BCUT2D eigenvalue weighted by molar-refractivity contribution is -0.290. The second kappa shape index (κ2) is 6.66. The molecule has 1 aliphatic rings. The third-order valence-corrected chi connectivity index (χ3v) is 5.92. The van der Waals surface area contributed by atoms with Crippen molar-refractivity contribution in [1.82, 2.24) is 24.1 Å². The molecule has 1 atom stereocenters. The number of hydrogen-bond acceptors (Lipinski definition) is 4. The minimum absolute atomic E-state index is 0.0739. The van der Waals surface area contributed by atoms with E-state index < -0.39 is 29.0 Å². The molecule has 4 heterocycles. The summed E-state index contributed by atoms with van der Waals surface area (Å²) in [5, 5.41) is 0.465. The highest BCUT2D eigenvalue weighted by atomic mass is 32.2. The maximum Gasteiger partial charge on any atom is 0.459 e. The number of imidazole rings is 2. The summed E-state index contributed by atoms with van der Waals surface area (Å²) in [6, 6.07) is 0.630. The Labute approximate surface area is 165 Å². The highest BCUT2D eigenvalue weighted by molar-refractivity contribution is 7.90. The van der Waals surface area contributed by atoms with E-state index in [4.69, 9.17) is 0 Å². The van der Waals surface area contributed by atoms with E-state index in [0.717, 1.165) is 24.9 Å². The number of alkyl halides is 5. The van der Waals surface area contributed by atoms with Gasteiger partial charge in [0.2, 0.25) is 0 Å². The smallest absolute Gasteiger partial charge is 0.459 e. The monoisotopic (exact) mass is 433 g/mol. The van der Waals surface area contributed by atoms with Gasteiger partial charge in [0.1, 0.15) is 17.8 Å². The van der Waals surface area contributed by atoms with Gasteiger partial charge in [-0.15, -0.1) is 0 Å². The van der Waals surface area contributed by atoms with Gasteiger partial charge in [-0.2, -0.15) is 22.0 Å². The maximum atomic E-state index is 13.7. The largest absolute Gasteiger partial charge is 0.610 e. The molecule has 12 heteroatoms. The first-order valence-corrected chi connectivity index (χ1v) is 10.3. The third-order valence-electron chi connectivity index (χ3n) is 4.96. The predicted molar refractivity (Wildman–Crippen MR) is 94.9 cm³/mol. The van der Waals surface area contributed by atoms with Gasteiger partial charge in [0.05, 0.1) is 17.2 Å². The summed E-state index contributed by atoms with van der Waals surface area (Å²) < 4.78 is 81.1. The number of rotatable bonds is 3. The van der Waals surface area contributed by atoms with Gasteiger partial charge >= 0.3 is 12.1 Å². The highest BCUT2D eigenvalue weighted by Crippen LogP contribution is 2.43. The Balaban J connectivity index is 1.89. The van der Waals surface area contributed by atoms with Crippen molar-refractivity contribution in [3.63, 3.8) is 0 Å². The molecule has 0 aliphatic carbocycles. The van der Waals surface area contributed by atoms with Crippen molar-refractivity contribution in [2.45, 2.75) is 42.9 Å². The van der Waals surface area contributed by atoms with Gasteiger partial charge in [0.25, 0.3) is 5.03 Å². The first-order chi connectivity index (χ1) is 13.5. The molecule has 3 aromatic heterocycles. The number of fused-ring (bicyclic) bond motifs is 2. The number of aromatic nitrogens is 5. The van der Waals surface area contributed by atoms with Gasteiger partial charge in [-0.25, -0.2) is 9.97 Å². The molecule has 0 spiro atoms. The molecule has 0 bridgehead atoms. The molecule has 0 amide bonds. The van der Waals surface area contributed by atoms with E-state index >= 15 is 0 Å². The molecule has 3 aromatic rings. The van der Waals surface area contributed by atoms with Gasteiger partial charge in [0.15, 0.2) is 11.5 Å². The lowest BCUT2D eigenvalue weighted by atomic mass is 10.2. The second-order valence-electron chi connectivity index (χ2n) is 6.87. The minimum atomic E-state index is -5.76. The Kier molecular flexibility index (Phi) is 4.61. The molecule has 0 fully saturated rings. The molecule has 0 aromatic carbocycles. The molecule has 0 N–H and O–H groups in total. The summed E-state index contributed by atoms with van der Waals surface area (Å²) in [7, 11) is 1.58. The van der Waals surface area contributed by atoms with E-state index in [1.807, 2.05) is 4.57 Å². The van der Waals surface area contributed by atoms with Crippen LogP contribution in [0.15, 0.2) is 17.3 Å². The minimum Gasteiger partial charge on any atom is -0.610 e. The van der Waals surface area contributed by atoms with Crippen LogP contribution in [-0.4, -0.2) is 41.1 Å². The van der Waals surface area contributed by atoms with Crippen molar-refractivity contribution in [1.29, 1.82) is 0 Å². The number of halogens is 5. The fourth-order valence-electron chi connectivity index (χ4n) is 3.51. The Hall–Kier alpha value is -2.21. The first kappa shape index (κ1) is 20.1. The molecule has 4 rings (SSSR count). The molecule has 6 nitrogen and oxygen atoms in total. The van der Waals surface area contributed by atoms with Gasteiger partial charge in [-0.05, 0) is 18.9 Å². The molecule has 0 saturated heterocycles. The van der Waals surface area contributed by atoms with Gasteiger partial charge in [-0.3, -0.25) is 9.55 Å². The molecule has 0 saturated carbocycles. The molecule has 0 radical (unpaired) electrons. The lowest BCUT2D eigenvalue weighted by Crippen LogP contribution is -2.34. The number of hydrogen-bond donors (Lipinski definition) is 0. The van der Waals surface area contributed by atoms with E-state index in [1.54, 1.807) is 7.05 Å². The van der Waals surface area contributed by atoms with E-state index in [-0.39, 0.29) is 16.9 Å². The zero-order valence-corrected chi connectivity index (χ0v) is 16.2. The van der Waals surface area contributed by atoms with Crippen LogP contribution < -0.4 is 0 Å². The molecule has 1 unspecified atom stereocenters. The van der Waals surface area contributed by atoms with Crippen LogP contribution in [-0.2, 0) is 37.1 Å². The highest BCUT2D eigenvalue weighted by Gasteiger charge is 2.60. The van der Waals surface area contributed by atoms with E-state index in [0.29, 0.717) is 29.8 Å². The van der Waals surface area contributed by atoms with Crippen LogP contribution in [0.3, 0.4) is 0 Å². The first-order valence-electron chi connectivity index (χ1n) is 8.73. The van der Waals surface area contributed by atoms with E-state index in [9.17, 15) is 26.5 Å². The van der Waals surface area contributed by atoms with Gasteiger partial charge in [0, 0.05) is 31.2 Å². The molecular formula is C17H16F5N5OS. The lowest BCUT2D eigenvalue weighted by Gasteiger charge is -2.18. The molecule has 156 valence electrons. The van der Waals surface area contributed by atoms with E-state index in [2.05, 4.69) is 15.0 Å². The summed E-state index contributed by atoms with van der Waals surface area (Å²) in [6.45, 7) is 0.657. The zero-order chi connectivity index (χ0) is 21.1. The fraction of sp³-hybridized carbons (Fsp3) is 0.471. The van der Waals surface area contributed by atoms with Crippen LogP contribution in [0.4, 0.5) is 22.0 Å². The topological polar surface area (TPSA) is 71.6 Å². The van der Waals surface area contributed by atoms with Crippen LogP contribution in [0.25, 0.3) is 22.6 Å². The number of aryl methyl sites for hydroxylation is 2. The zero-order valence-electron chi connectivity index (χ0n) is 15.4. The standard InChI is InChI=1S/C17H16F5N5OS/c1-26-10-8-23-11(16(18,19)17(20,21)22)7-9(10)24-14(26)13-15(29(2)28)27-6-4-3-5-12(27)25-13/h7-8H,3-6H2,1-2H3. The second-order valence-corrected chi connectivity index (χ2v) is 8.16. The van der Waals surface area contributed by atoms with Crippen LogP contribution in [0.5, 0.6) is 0 Å². The van der Waals surface area contributed by atoms with Crippen LogP contribution in [0.1, 0.15) is 24.4 Å². The van der Waals surface area contributed by atoms with Crippen molar-refractivity contribution in [2.24, 2.45) is 7.05 Å². The molecular weight excluding hydrogens is 417 g/mol. The Morgan fingerprint density at radius 2 is 1.86 bits per heavy atom. The fourth-order valence-corrected chi connectivity index (χ4v) is 4.43. The maximum absolute atomic E-state index is 13.7. The quantitative estimate of drug-likeness (QED) is 0.468. The van der Waals surface area contributed by atoms with Crippen LogP contribution in [0, 0.1) is 0 Å². The third kappa shape index (κ3) is 3.08. The average molecular weight is 433 g/mol. The number of nitrogens with zero attached hydrogens (tertiary/aromatic N) is 5.